The summed E-state index contributed by atoms with van der Waals surface area (Å²) in [7, 11) is 0. The van der Waals surface area contributed by atoms with Gasteiger partial charge in [0.2, 0.25) is 0 Å². The van der Waals surface area contributed by atoms with Gasteiger partial charge in [-0.05, 0) is 12.5 Å². The Bertz CT molecular complexity index is 490. The van der Waals surface area contributed by atoms with Crippen molar-refractivity contribution >= 4 is 0 Å². The van der Waals surface area contributed by atoms with Crippen molar-refractivity contribution in [2.45, 2.75) is 32.8 Å². The minimum Gasteiger partial charge on any atom is -0.388 e. The quantitative estimate of drug-likeness (QED) is 0.877. The van der Waals surface area contributed by atoms with E-state index in [4.69, 9.17) is 0 Å². The highest BCUT2D eigenvalue weighted by Crippen LogP contribution is 2.24. The molecule has 17 heavy (non-hydrogen) atoms. The third kappa shape index (κ3) is 2.24. The van der Waals surface area contributed by atoms with Crippen molar-refractivity contribution in [2.75, 3.05) is 0 Å². The third-order valence-electron chi connectivity index (χ3n) is 2.98. The van der Waals surface area contributed by atoms with Crippen LogP contribution in [0.1, 0.15) is 37.8 Å². The number of imidazole rings is 1. The van der Waals surface area contributed by atoms with Crippen molar-refractivity contribution in [3.8, 4) is 5.69 Å². The Hall–Kier alpha value is -1.61. The van der Waals surface area contributed by atoms with E-state index in [0.717, 1.165) is 23.5 Å². The molecule has 0 fully saturated rings. The van der Waals surface area contributed by atoms with Crippen LogP contribution in [0.4, 0.5) is 0 Å². The maximum atomic E-state index is 10.0. The molecule has 0 aliphatic heterocycles. The van der Waals surface area contributed by atoms with Gasteiger partial charge in [0, 0.05) is 24.4 Å². The minimum atomic E-state index is -0.418. The molecule has 0 saturated heterocycles. The monoisotopic (exact) mass is 230 g/mol. The van der Waals surface area contributed by atoms with E-state index in [2.05, 4.69) is 11.9 Å². The van der Waals surface area contributed by atoms with Crippen molar-refractivity contribution in [1.82, 2.24) is 9.55 Å². The number of rotatable bonds is 4. The van der Waals surface area contributed by atoms with Crippen LogP contribution in [0.25, 0.3) is 5.69 Å². The highest BCUT2D eigenvalue weighted by Gasteiger charge is 2.12. The standard InChI is InChI=1S/C14H18N2O/c1-3-13(17)11-7-5-6-8-12(11)16-10-9-15-14(16)4-2/h5-10,13,17H,3-4H2,1-2H3. The molecule has 1 unspecified atom stereocenters. The first-order chi connectivity index (χ1) is 8.27. The highest BCUT2D eigenvalue weighted by molar-refractivity contribution is 5.43. The molecule has 0 aliphatic rings. The molecule has 90 valence electrons. The van der Waals surface area contributed by atoms with Crippen LogP contribution >= 0.6 is 0 Å². The number of aliphatic hydroxyl groups excluding tert-OH is 1. The zero-order valence-corrected chi connectivity index (χ0v) is 10.3. The summed E-state index contributed by atoms with van der Waals surface area (Å²) in [6, 6.07) is 7.94. The Labute approximate surface area is 102 Å². The fourth-order valence-corrected chi connectivity index (χ4v) is 2.02. The fourth-order valence-electron chi connectivity index (χ4n) is 2.02. The summed E-state index contributed by atoms with van der Waals surface area (Å²) in [6.07, 6.45) is 4.92. The summed E-state index contributed by atoms with van der Waals surface area (Å²) >= 11 is 0. The maximum absolute atomic E-state index is 10.0. The number of hydrogen-bond donors (Lipinski definition) is 1. The number of aromatic nitrogens is 2. The molecule has 1 heterocycles. The molecule has 0 saturated carbocycles. The second-order valence-corrected chi connectivity index (χ2v) is 4.05. The summed E-state index contributed by atoms with van der Waals surface area (Å²) in [4.78, 5) is 4.32. The van der Waals surface area contributed by atoms with Crippen LogP contribution < -0.4 is 0 Å². The normalized spacial score (nSPS) is 12.6. The van der Waals surface area contributed by atoms with Crippen molar-refractivity contribution in [1.29, 1.82) is 0 Å². The van der Waals surface area contributed by atoms with Crippen LogP contribution in [0, 0.1) is 0 Å². The highest BCUT2D eigenvalue weighted by atomic mass is 16.3. The van der Waals surface area contributed by atoms with E-state index in [-0.39, 0.29) is 0 Å². The summed E-state index contributed by atoms with van der Waals surface area (Å²) in [5.74, 6) is 1.01. The van der Waals surface area contributed by atoms with E-state index in [1.54, 1.807) is 6.20 Å². The Morgan fingerprint density at radius 1 is 1.29 bits per heavy atom. The van der Waals surface area contributed by atoms with E-state index in [9.17, 15) is 5.11 Å². The Balaban J connectivity index is 2.52. The van der Waals surface area contributed by atoms with Crippen molar-refractivity contribution in [3.05, 3.63) is 48.0 Å². The summed E-state index contributed by atoms with van der Waals surface area (Å²) < 4.78 is 2.05. The van der Waals surface area contributed by atoms with Crippen molar-refractivity contribution in [2.24, 2.45) is 0 Å². The number of aryl methyl sites for hydroxylation is 1. The average molecular weight is 230 g/mol. The van der Waals surface area contributed by atoms with E-state index < -0.39 is 6.10 Å². The largest absolute Gasteiger partial charge is 0.388 e. The van der Waals surface area contributed by atoms with Gasteiger partial charge in [0.1, 0.15) is 5.82 Å². The summed E-state index contributed by atoms with van der Waals surface area (Å²) in [5.41, 5.74) is 1.99. The number of hydrogen-bond acceptors (Lipinski definition) is 2. The van der Waals surface area contributed by atoms with Crippen LogP contribution in [0.15, 0.2) is 36.7 Å². The smallest absolute Gasteiger partial charge is 0.112 e. The molecule has 3 nitrogen and oxygen atoms in total. The number of nitrogens with zero attached hydrogens (tertiary/aromatic N) is 2. The van der Waals surface area contributed by atoms with E-state index in [0.29, 0.717) is 6.42 Å². The molecule has 1 atom stereocenters. The predicted octanol–water partition coefficient (Wildman–Crippen LogP) is 2.88. The van der Waals surface area contributed by atoms with Crippen LogP contribution in [0.3, 0.4) is 0 Å². The van der Waals surface area contributed by atoms with Gasteiger partial charge < -0.3 is 9.67 Å². The van der Waals surface area contributed by atoms with Gasteiger partial charge in [-0.25, -0.2) is 4.98 Å². The van der Waals surface area contributed by atoms with Crippen LogP contribution in [-0.2, 0) is 6.42 Å². The Kier molecular flexibility index (Phi) is 3.59. The lowest BCUT2D eigenvalue weighted by molar-refractivity contribution is 0.173. The Morgan fingerprint density at radius 3 is 2.76 bits per heavy atom. The van der Waals surface area contributed by atoms with Gasteiger partial charge >= 0.3 is 0 Å². The predicted molar refractivity (Wildman–Crippen MR) is 68.2 cm³/mol. The molecule has 1 aromatic heterocycles. The van der Waals surface area contributed by atoms with Crippen molar-refractivity contribution in [3.63, 3.8) is 0 Å². The van der Waals surface area contributed by atoms with Crippen LogP contribution in [0.2, 0.25) is 0 Å². The number of benzene rings is 1. The lowest BCUT2D eigenvalue weighted by Gasteiger charge is -2.16. The summed E-state index contributed by atoms with van der Waals surface area (Å²) in [6.45, 7) is 4.06. The van der Waals surface area contributed by atoms with E-state index in [1.807, 2.05) is 42.0 Å². The molecule has 2 rings (SSSR count). The van der Waals surface area contributed by atoms with Gasteiger partial charge in [-0.1, -0.05) is 32.0 Å². The van der Waals surface area contributed by atoms with Crippen LogP contribution in [0.5, 0.6) is 0 Å². The zero-order chi connectivity index (χ0) is 12.3. The molecular weight excluding hydrogens is 212 g/mol. The number of para-hydroxylation sites is 1. The molecule has 0 bridgehead atoms. The van der Waals surface area contributed by atoms with Gasteiger partial charge in [-0.3, -0.25) is 0 Å². The van der Waals surface area contributed by atoms with Gasteiger partial charge in [-0.15, -0.1) is 0 Å². The van der Waals surface area contributed by atoms with E-state index >= 15 is 0 Å². The maximum Gasteiger partial charge on any atom is 0.112 e. The zero-order valence-electron chi connectivity index (χ0n) is 10.3. The van der Waals surface area contributed by atoms with Crippen LogP contribution in [-0.4, -0.2) is 14.7 Å². The molecule has 0 amide bonds. The first-order valence-corrected chi connectivity index (χ1v) is 6.07. The molecular formula is C14H18N2O. The molecule has 0 radical (unpaired) electrons. The van der Waals surface area contributed by atoms with Crippen molar-refractivity contribution < 1.29 is 5.11 Å². The minimum absolute atomic E-state index is 0.418. The molecule has 0 spiro atoms. The lowest BCUT2D eigenvalue weighted by atomic mass is 10.0. The molecule has 3 heteroatoms. The Morgan fingerprint density at radius 2 is 2.06 bits per heavy atom. The molecule has 1 N–H and O–H groups in total. The topological polar surface area (TPSA) is 38.0 Å². The lowest BCUT2D eigenvalue weighted by Crippen LogP contribution is -2.06. The first kappa shape index (κ1) is 11.9. The number of aliphatic hydroxyl groups is 1. The second kappa shape index (κ2) is 5.15. The molecule has 0 aliphatic carbocycles. The molecule has 1 aromatic carbocycles. The third-order valence-corrected chi connectivity index (χ3v) is 2.98. The fraction of sp³-hybridized carbons (Fsp3) is 0.357. The summed E-state index contributed by atoms with van der Waals surface area (Å²) in [5, 5.41) is 10.0. The van der Waals surface area contributed by atoms with Gasteiger partial charge in [0.15, 0.2) is 0 Å². The van der Waals surface area contributed by atoms with E-state index in [1.165, 1.54) is 0 Å². The van der Waals surface area contributed by atoms with Gasteiger partial charge in [-0.2, -0.15) is 0 Å². The first-order valence-electron chi connectivity index (χ1n) is 6.07. The SMILES string of the molecule is CCc1nccn1-c1ccccc1C(O)CC. The molecule has 2 aromatic rings. The average Bonchev–Trinajstić information content (AvgIpc) is 2.86. The second-order valence-electron chi connectivity index (χ2n) is 4.05. The van der Waals surface area contributed by atoms with Gasteiger partial charge in [0.25, 0.3) is 0 Å². The van der Waals surface area contributed by atoms with Gasteiger partial charge in [0.05, 0.1) is 11.8 Å².